The maximum absolute atomic E-state index is 13.3. The van der Waals surface area contributed by atoms with Gasteiger partial charge < -0.3 is 5.73 Å². The number of hydrogen-bond donors (Lipinski definition) is 1. The molecule has 0 spiro atoms. The molecule has 0 aliphatic rings. The van der Waals surface area contributed by atoms with Crippen LogP contribution in [0.3, 0.4) is 0 Å². The van der Waals surface area contributed by atoms with E-state index in [1.54, 1.807) is 4.40 Å². The van der Waals surface area contributed by atoms with Crippen molar-refractivity contribution in [3.63, 3.8) is 0 Å². The van der Waals surface area contributed by atoms with Crippen molar-refractivity contribution < 1.29 is 0 Å². The predicted octanol–water partition coefficient (Wildman–Crippen LogP) is 4.29. The van der Waals surface area contributed by atoms with Gasteiger partial charge in [-0.15, -0.1) is 0 Å². The van der Waals surface area contributed by atoms with Gasteiger partial charge in [0.15, 0.2) is 0 Å². The molecule has 3 aromatic carbocycles. The fraction of sp³-hybridized carbons (Fsp3) is 0. The molecule has 0 bridgehead atoms. The molecular weight excluding hydrogens is 296 g/mol. The molecule has 0 aliphatic heterocycles. The summed E-state index contributed by atoms with van der Waals surface area (Å²) in [6.07, 6.45) is 0. The largest absolute Gasteiger partial charge is 0.398 e. The van der Waals surface area contributed by atoms with Gasteiger partial charge in [-0.1, -0.05) is 66.7 Å². The zero-order valence-corrected chi connectivity index (χ0v) is 12.9. The normalized spacial score (nSPS) is 11.7. The van der Waals surface area contributed by atoms with E-state index in [2.05, 4.69) is 6.07 Å². The third-order valence-electron chi connectivity index (χ3n) is 4.73. The van der Waals surface area contributed by atoms with Crippen molar-refractivity contribution in [2.24, 2.45) is 0 Å². The molecule has 24 heavy (non-hydrogen) atoms. The Morgan fingerprint density at radius 3 is 2.21 bits per heavy atom. The van der Waals surface area contributed by atoms with Gasteiger partial charge >= 0.3 is 0 Å². The summed E-state index contributed by atoms with van der Waals surface area (Å²) in [5.41, 5.74) is 10.2. The number of anilines is 1. The average molecular weight is 310 g/mol. The smallest absolute Gasteiger partial charge is 0.265 e. The SMILES string of the molecule is Nc1c(-c2ccccc2)c(=O)n2c3ccccc3c3cccc1c32. The van der Waals surface area contributed by atoms with Crippen LogP contribution in [0.2, 0.25) is 0 Å². The minimum atomic E-state index is -0.0661. The Kier molecular flexibility index (Phi) is 2.51. The number of fused-ring (bicyclic) bond motifs is 3. The maximum Gasteiger partial charge on any atom is 0.265 e. The number of nitrogens with zero attached hydrogens (tertiary/aromatic N) is 1. The molecule has 0 radical (unpaired) electrons. The van der Waals surface area contributed by atoms with Crippen molar-refractivity contribution in [1.29, 1.82) is 0 Å². The van der Waals surface area contributed by atoms with Gasteiger partial charge in [-0.25, -0.2) is 0 Å². The van der Waals surface area contributed by atoms with E-state index in [1.807, 2.05) is 66.7 Å². The minimum absolute atomic E-state index is 0.0661. The van der Waals surface area contributed by atoms with E-state index in [9.17, 15) is 4.79 Å². The van der Waals surface area contributed by atoms with Crippen molar-refractivity contribution in [1.82, 2.24) is 4.40 Å². The van der Waals surface area contributed by atoms with Crippen molar-refractivity contribution in [2.45, 2.75) is 0 Å². The van der Waals surface area contributed by atoms with Crippen molar-refractivity contribution in [3.05, 3.63) is 83.2 Å². The highest BCUT2D eigenvalue weighted by Gasteiger charge is 2.19. The van der Waals surface area contributed by atoms with Crippen molar-refractivity contribution >= 4 is 32.9 Å². The molecule has 0 saturated heterocycles. The van der Waals surface area contributed by atoms with Gasteiger partial charge in [0.05, 0.1) is 22.3 Å². The third-order valence-corrected chi connectivity index (χ3v) is 4.73. The van der Waals surface area contributed by atoms with Crippen LogP contribution in [0.25, 0.3) is 38.3 Å². The lowest BCUT2D eigenvalue weighted by Crippen LogP contribution is -2.17. The van der Waals surface area contributed by atoms with E-state index in [4.69, 9.17) is 5.73 Å². The molecule has 2 heterocycles. The van der Waals surface area contributed by atoms with Gasteiger partial charge in [0.25, 0.3) is 5.56 Å². The van der Waals surface area contributed by atoms with Crippen molar-refractivity contribution in [3.8, 4) is 11.1 Å². The Bertz CT molecular complexity index is 1270. The topological polar surface area (TPSA) is 47.5 Å². The van der Waals surface area contributed by atoms with Crippen LogP contribution in [0, 0.1) is 0 Å². The Labute approximate surface area is 137 Å². The van der Waals surface area contributed by atoms with Gasteiger partial charge in [0.2, 0.25) is 0 Å². The fourth-order valence-electron chi connectivity index (χ4n) is 3.69. The van der Waals surface area contributed by atoms with Gasteiger partial charge in [-0.2, -0.15) is 0 Å². The number of rotatable bonds is 1. The summed E-state index contributed by atoms with van der Waals surface area (Å²) < 4.78 is 1.80. The summed E-state index contributed by atoms with van der Waals surface area (Å²) in [6, 6.07) is 23.7. The molecule has 5 aromatic rings. The van der Waals surface area contributed by atoms with Crippen molar-refractivity contribution in [2.75, 3.05) is 5.73 Å². The van der Waals surface area contributed by atoms with Gasteiger partial charge in [-0.05, 0) is 11.6 Å². The van der Waals surface area contributed by atoms with E-state index >= 15 is 0 Å². The van der Waals surface area contributed by atoms with E-state index in [-0.39, 0.29) is 5.56 Å². The Morgan fingerprint density at radius 2 is 1.38 bits per heavy atom. The highest BCUT2D eigenvalue weighted by molar-refractivity contribution is 6.17. The number of pyridine rings is 1. The van der Waals surface area contributed by atoms with E-state index < -0.39 is 0 Å². The Balaban J connectivity index is 2.12. The van der Waals surface area contributed by atoms with Gasteiger partial charge in [-0.3, -0.25) is 9.20 Å². The first-order valence-corrected chi connectivity index (χ1v) is 7.90. The summed E-state index contributed by atoms with van der Waals surface area (Å²) in [5.74, 6) is 0. The summed E-state index contributed by atoms with van der Waals surface area (Å²) in [4.78, 5) is 13.3. The van der Waals surface area contributed by atoms with Crippen LogP contribution >= 0.6 is 0 Å². The standard InChI is InChI=1S/C21H14N2O/c22-19-16-11-6-10-15-14-9-4-5-12-17(14)23(20(15)16)21(24)18(19)13-7-2-1-3-8-13/h1-12H,22H2. The van der Waals surface area contributed by atoms with Crippen LogP contribution in [-0.4, -0.2) is 4.40 Å². The zero-order chi connectivity index (χ0) is 16.3. The molecule has 5 rings (SSSR count). The second kappa shape index (κ2) is 4.59. The Hall–Kier alpha value is -3.33. The molecule has 0 saturated carbocycles. The summed E-state index contributed by atoms with van der Waals surface area (Å²) in [7, 11) is 0. The van der Waals surface area contributed by atoms with Crippen LogP contribution in [0.1, 0.15) is 0 Å². The summed E-state index contributed by atoms with van der Waals surface area (Å²) >= 11 is 0. The van der Waals surface area contributed by atoms with Crippen LogP contribution in [0.4, 0.5) is 5.69 Å². The first-order valence-electron chi connectivity index (χ1n) is 7.90. The molecule has 2 aromatic heterocycles. The lowest BCUT2D eigenvalue weighted by atomic mass is 10.0. The van der Waals surface area contributed by atoms with Gasteiger partial charge in [0, 0.05) is 16.2 Å². The summed E-state index contributed by atoms with van der Waals surface area (Å²) in [5, 5.41) is 3.05. The number of benzene rings is 3. The fourth-order valence-corrected chi connectivity index (χ4v) is 3.69. The van der Waals surface area contributed by atoms with E-state index in [0.717, 1.165) is 32.8 Å². The van der Waals surface area contributed by atoms with Crippen LogP contribution < -0.4 is 11.3 Å². The number of para-hydroxylation sites is 2. The molecule has 3 heteroatoms. The number of nitrogens with two attached hydrogens (primary N) is 1. The molecule has 0 unspecified atom stereocenters. The molecule has 0 amide bonds. The van der Waals surface area contributed by atoms with Crippen LogP contribution in [-0.2, 0) is 0 Å². The highest BCUT2D eigenvalue weighted by Crippen LogP contribution is 2.36. The van der Waals surface area contributed by atoms with E-state index in [1.165, 1.54) is 0 Å². The summed E-state index contributed by atoms with van der Waals surface area (Å²) in [6.45, 7) is 0. The second-order valence-electron chi connectivity index (χ2n) is 6.01. The van der Waals surface area contributed by atoms with Gasteiger partial charge in [0.1, 0.15) is 0 Å². The van der Waals surface area contributed by atoms with E-state index in [0.29, 0.717) is 11.3 Å². The quantitative estimate of drug-likeness (QED) is 0.502. The lowest BCUT2D eigenvalue weighted by molar-refractivity contribution is 1.19. The molecule has 0 fully saturated rings. The maximum atomic E-state index is 13.3. The first kappa shape index (κ1) is 13.1. The zero-order valence-electron chi connectivity index (χ0n) is 12.9. The number of aromatic nitrogens is 1. The lowest BCUT2D eigenvalue weighted by Gasteiger charge is -2.10. The minimum Gasteiger partial charge on any atom is -0.398 e. The van der Waals surface area contributed by atoms with Crippen LogP contribution in [0.15, 0.2) is 77.6 Å². The molecule has 0 atom stereocenters. The number of nitrogen functional groups attached to an aromatic ring is 1. The molecule has 114 valence electrons. The molecular formula is C21H14N2O. The number of hydrogen-bond acceptors (Lipinski definition) is 2. The predicted molar refractivity (Wildman–Crippen MR) is 99.7 cm³/mol. The molecule has 0 aliphatic carbocycles. The first-order chi connectivity index (χ1) is 11.8. The highest BCUT2D eigenvalue weighted by atomic mass is 16.1. The average Bonchev–Trinajstić information content (AvgIpc) is 2.96. The second-order valence-corrected chi connectivity index (χ2v) is 6.01. The molecule has 2 N–H and O–H groups in total. The van der Waals surface area contributed by atoms with Crippen LogP contribution in [0.5, 0.6) is 0 Å². The monoisotopic (exact) mass is 310 g/mol. The Morgan fingerprint density at radius 1 is 0.708 bits per heavy atom. The third kappa shape index (κ3) is 1.53. The molecule has 3 nitrogen and oxygen atoms in total.